The maximum absolute atomic E-state index is 12.5. The van der Waals surface area contributed by atoms with E-state index >= 15 is 0 Å². The molecule has 1 fully saturated rings. The fourth-order valence-corrected chi connectivity index (χ4v) is 3.72. The minimum absolute atomic E-state index is 0. The van der Waals surface area contributed by atoms with Crippen LogP contribution in [-0.4, -0.2) is 38.9 Å². The second-order valence-electron chi connectivity index (χ2n) is 4.61. The smallest absolute Gasteiger partial charge is 0.336 e. The van der Waals surface area contributed by atoms with Crippen molar-refractivity contribution >= 4 is 33.4 Å². The van der Waals surface area contributed by atoms with Gasteiger partial charge in [0.05, 0.1) is 4.90 Å². The van der Waals surface area contributed by atoms with E-state index in [9.17, 15) is 13.2 Å². The Hall–Kier alpha value is -1.41. The highest BCUT2D eigenvalue weighted by atomic mass is 35.5. The molecular formula is C13H15ClN2O4S. The van der Waals surface area contributed by atoms with Crippen molar-refractivity contribution in [3.63, 3.8) is 0 Å². The average molecular weight is 331 g/mol. The first-order valence-corrected chi connectivity index (χ1v) is 7.76. The van der Waals surface area contributed by atoms with Gasteiger partial charge in [0, 0.05) is 37.6 Å². The quantitative estimate of drug-likeness (QED) is 0.824. The van der Waals surface area contributed by atoms with Crippen molar-refractivity contribution < 1.29 is 12.8 Å². The summed E-state index contributed by atoms with van der Waals surface area (Å²) >= 11 is 0. The molecule has 0 radical (unpaired) electrons. The summed E-state index contributed by atoms with van der Waals surface area (Å²) in [5, 5.41) is 3.72. The fraction of sp³-hybridized carbons (Fsp3) is 0.308. The van der Waals surface area contributed by atoms with Gasteiger partial charge < -0.3 is 9.73 Å². The Morgan fingerprint density at radius 3 is 2.52 bits per heavy atom. The van der Waals surface area contributed by atoms with Gasteiger partial charge in [-0.1, -0.05) is 0 Å². The van der Waals surface area contributed by atoms with Gasteiger partial charge in [-0.3, -0.25) is 0 Å². The maximum atomic E-state index is 12.5. The molecule has 1 aromatic carbocycles. The minimum Gasteiger partial charge on any atom is -0.423 e. The van der Waals surface area contributed by atoms with E-state index in [-0.39, 0.29) is 17.3 Å². The molecule has 3 rings (SSSR count). The molecule has 0 aliphatic carbocycles. The Kier molecular flexibility index (Phi) is 4.67. The Morgan fingerprint density at radius 2 is 1.81 bits per heavy atom. The molecule has 114 valence electrons. The van der Waals surface area contributed by atoms with Crippen LogP contribution in [0.25, 0.3) is 11.0 Å². The summed E-state index contributed by atoms with van der Waals surface area (Å²) in [6.45, 7) is 2.23. The van der Waals surface area contributed by atoms with E-state index in [1.54, 1.807) is 6.07 Å². The minimum atomic E-state index is -3.49. The highest BCUT2D eigenvalue weighted by Gasteiger charge is 2.25. The van der Waals surface area contributed by atoms with Crippen LogP contribution in [0, 0.1) is 0 Å². The zero-order valence-electron chi connectivity index (χ0n) is 11.1. The van der Waals surface area contributed by atoms with Gasteiger partial charge in [-0.25, -0.2) is 13.2 Å². The third-order valence-electron chi connectivity index (χ3n) is 3.30. The molecule has 21 heavy (non-hydrogen) atoms. The summed E-state index contributed by atoms with van der Waals surface area (Å²) in [7, 11) is -3.49. The molecule has 0 unspecified atom stereocenters. The summed E-state index contributed by atoms with van der Waals surface area (Å²) in [6, 6.07) is 7.38. The van der Waals surface area contributed by atoms with Gasteiger partial charge in [0.2, 0.25) is 10.0 Å². The summed E-state index contributed by atoms with van der Waals surface area (Å²) in [4.78, 5) is 11.3. The molecule has 1 aliphatic heterocycles. The Labute approximate surface area is 128 Å². The van der Waals surface area contributed by atoms with Crippen molar-refractivity contribution in [2.45, 2.75) is 4.90 Å². The lowest BCUT2D eigenvalue weighted by atomic mass is 10.2. The molecule has 1 aromatic heterocycles. The molecule has 8 heteroatoms. The third-order valence-corrected chi connectivity index (χ3v) is 5.20. The molecular weight excluding hydrogens is 316 g/mol. The predicted molar refractivity (Wildman–Crippen MR) is 81.4 cm³/mol. The van der Waals surface area contributed by atoms with Crippen molar-refractivity contribution in [3.05, 3.63) is 40.8 Å². The van der Waals surface area contributed by atoms with Crippen LogP contribution in [0.4, 0.5) is 0 Å². The van der Waals surface area contributed by atoms with Gasteiger partial charge >= 0.3 is 5.63 Å². The molecule has 0 bridgehead atoms. The maximum Gasteiger partial charge on any atom is 0.336 e. The number of hydrogen-bond donors (Lipinski definition) is 1. The Bertz CT molecular complexity index is 797. The van der Waals surface area contributed by atoms with Gasteiger partial charge in [0.25, 0.3) is 0 Å². The summed E-state index contributed by atoms with van der Waals surface area (Å²) < 4.78 is 31.5. The molecule has 0 atom stereocenters. The molecule has 2 aromatic rings. The molecule has 6 nitrogen and oxygen atoms in total. The van der Waals surface area contributed by atoms with Gasteiger partial charge in [-0.15, -0.1) is 12.4 Å². The summed E-state index contributed by atoms with van der Waals surface area (Å²) in [6.07, 6.45) is 0. The van der Waals surface area contributed by atoms with E-state index in [0.717, 1.165) is 0 Å². The van der Waals surface area contributed by atoms with E-state index in [1.807, 2.05) is 0 Å². The molecule has 1 aliphatic rings. The largest absolute Gasteiger partial charge is 0.423 e. The second kappa shape index (κ2) is 6.15. The molecule has 0 amide bonds. The number of nitrogens with one attached hydrogen (secondary N) is 1. The zero-order chi connectivity index (χ0) is 14.2. The van der Waals surface area contributed by atoms with Crippen LogP contribution in [0.5, 0.6) is 0 Å². The van der Waals surface area contributed by atoms with Gasteiger partial charge in [-0.05, 0) is 24.3 Å². The number of fused-ring (bicyclic) bond motifs is 1. The average Bonchev–Trinajstić information content (AvgIpc) is 2.47. The lowest BCUT2D eigenvalue weighted by Crippen LogP contribution is -2.46. The van der Waals surface area contributed by atoms with Crippen LogP contribution in [0.1, 0.15) is 0 Å². The second-order valence-corrected chi connectivity index (χ2v) is 6.55. The first-order chi connectivity index (χ1) is 9.57. The monoisotopic (exact) mass is 330 g/mol. The van der Waals surface area contributed by atoms with E-state index < -0.39 is 15.6 Å². The lowest BCUT2D eigenvalue weighted by Gasteiger charge is -2.26. The third kappa shape index (κ3) is 3.11. The predicted octanol–water partition coefficient (Wildman–Crippen LogP) is 0.809. The zero-order valence-corrected chi connectivity index (χ0v) is 12.7. The van der Waals surface area contributed by atoms with E-state index in [2.05, 4.69) is 5.32 Å². The van der Waals surface area contributed by atoms with Crippen LogP contribution in [-0.2, 0) is 10.0 Å². The number of nitrogens with zero attached hydrogens (tertiary/aromatic N) is 1. The number of sulfonamides is 1. The van der Waals surface area contributed by atoms with Gasteiger partial charge in [-0.2, -0.15) is 4.31 Å². The van der Waals surface area contributed by atoms with Crippen LogP contribution < -0.4 is 10.9 Å². The molecule has 1 saturated heterocycles. The lowest BCUT2D eigenvalue weighted by molar-refractivity contribution is 0.360. The number of benzene rings is 1. The van der Waals surface area contributed by atoms with Crippen molar-refractivity contribution in [1.29, 1.82) is 0 Å². The van der Waals surface area contributed by atoms with Crippen LogP contribution in [0.3, 0.4) is 0 Å². The van der Waals surface area contributed by atoms with E-state index in [1.165, 1.54) is 28.6 Å². The standard InChI is InChI=1S/C13H14N2O4S.ClH/c16-13-4-1-10-9-11(2-3-12(10)19-13)20(17,18)15-7-5-14-6-8-15;/h1-4,9,14H,5-8H2;1H. The molecule has 1 N–H and O–H groups in total. The van der Waals surface area contributed by atoms with E-state index in [4.69, 9.17) is 4.42 Å². The highest BCUT2D eigenvalue weighted by molar-refractivity contribution is 7.89. The number of piperazine rings is 1. The van der Waals surface area contributed by atoms with Crippen LogP contribution >= 0.6 is 12.4 Å². The van der Waals surface area contributed by atoms with Crippen molar-refractivity contribution in [1.82, 2.24) is 9.62 Å². The Morgan fingerprint density at radius 1 is 1.10 bits per heavy atom. The highest BCUT2D eigenvalue weighted by Crippen LogP contribution is 2.21. The molecule has 2 heterocycles. The van der Waals surface area contributed by atoms with Crippen LogP contribution in [0.15, 0.2) is 44.4 Å². The number of rotatable bonds is 2. The van der Waals surface area contributed by atoms with E-state index in [0.29, 0.717) is 37.1 Å². The fourth-order valence-electron chi connectivity index (χ4n) is 2.24. The van der Waals surface area contributed by atoms with Gasteiger partial charge in [0.1, 0.15) is 5.58 Å². The molecule has 0 spiro atoms. The summed E-state index contributed by atoms with van der Waals surface area (Å²) in [5.41, 5.74) is -0.0630. The number of halogens is 1. The topological polar surface area (TPSA) is 79.6 Å². The summed E-state index contributed by atoms with van der Waals surface area (Å²) in [5.74, 6) is 0. The van der Waals surface area contributed by atoms with Crippen molar-refractivity contribution in [3.8, 4) is 0 Å². The van der Waals surface area contributed by atoms with Crippen molar-refractivity contribution in [2.24, 2.45) is 0 Å². The van der Waals surface area contributed by atoms with Crippen LogP contribution in [0.2, 0.25) is 0 Å². The van der Waals surface area contributed by atoms with Crippen molar-refractivity contribution in [2.75, 3.05) is 26.2 Å². The Balaban J connectivity index is 0.00000161. The van der Waals surface area contributed by atoms with Gasteiger partial charge in [0.15, 0.2) is 0 Å². The first-order valence-electron chi connectivity index (χ1n) is 6.32. The molecule has 0 saturated carbocycles. The number of hydrogen-bond acceptors (Lipinski definition) is 5. The first kappa shape index (κ1) is 16.0. The normalized spacial score (nSPS) is 16.6. The SMILES string of the molecule is Cl.O=c1ccc2cc(S(=O)(=O)N3CCNCC3)ccc2o1.